The molecule has 0 radical (unpaired) electrons. The Bertz CT molecular complexity index is 1360. The van der Waals surface area contributed by atoms with Gasteiger partial charge in [-0.05, 0) is 93.0 Å². The molecule has 2 aliphatic heterocycles. The number of anilines is 2. The average molecular weight is 549 g/mol. The SMILES string of the molecule is Cc1cc(C(=O)Nc2cc(-c3cc(CN4CCOCC4)ccc3F)ccc2N2CCC(N(C)C)C2)cc(C)c1F. The first-order valence-electron chi connectivity index (χ1n) is 13.9. The van der Waals surface area contributed by atoms with E-state index in [1.807, 2.05) is 30.3 Å². The number of morpholine rings is 1. The lowest BCUT2D eigenvalue weighted by molar-refractivity contribution is 0.0342. The molecule has 1 N–H and O–H groups in total. The molecule has 1 amide bonds. The number of carbonyl (C=O) groups is 1. The van der Waals surface area contributed by atoms with Crippen LogP contribution in [0.2, 0.25) is 0 Å². The lowest BCUT2D eigenvalue weighted by Gasteiger charge is -2.27. The molecule has 0 aromatic heterocycles. The Hall–Kier alpha value is -3.33. The largest absolute Gasteiger partial charge is 0.379 e. The number of benzene rings is 3. The van der Waals surface area contributed by atoms with Crippen LogP contribution in [0.15, 0.2) is 48.5 Å². The first kappa shape index (κ1) is 28.2. The summed E-state index contributed by atoms with van der Waals surface area (Å²) >= 11 is 0. The molecule has 0 aliphatic carbocycles. The molecule has 2 saturated heterocycles. The molecule has 6 nitrogen and oxygen atoms in total. The molecule has 2 fully saturated rings. The van der Waals surface area contributed by atoms with Crippen molar-refractivity contribution in [1.29, 1.82) is 0 Å². The highest BCUT2D eigenvalue weighted by atomic mass is 19.1. The van der Waals surface area contributed by atoms with Crippen LogP contribution in [0.4, 0.5) is 20.2 Å². The quantitative estimate of drug-likeness (QED) is 0.424. The fraction of sp³-hybridized carbons (Fsp3) is 0.406. The minimum Gasteiger partial charge on any atom is -0.379 e. The minimum atomic E-state index is -0.325. The lowest BCUT2D eigenvalue weighted by atomic mass is 10.00. The number of ether oxygens (including phenoxy) is 1. The zero-order chi connectivity index (χ0) is 28.4. The second kappa shape index (κ2) is 12.0. The zero-order valence-electron chi connectivity index (χ0n) is 23.8. The first-order chi connectivity index (χ1) is 19.2. The van der Waals surface area contributed by atoms with Crippen LogP contribution < -0.4 is 10.2 Å². The summed E-state index contributed by atoms with van der Waals surface area (Å²) in [6.45, 7) is 8.83. The van der Waals surface area contributed by atoms with Gasteiger partial charge < -0.3 is 19.9 Å². The molecule has 212 valence electrons. The topological polar surface area (TPSA) is 48.1 Å². The number of amides is 1. The van der Waals surface area contributed by atoms with Gasteiger partial charge in [0, 0.05) is 49.9 Å². The normalized spacial score (nSPS) is 18.0. The average Bonchev–Trinajstić information content (AvgIpc) is 3.44. The van der Waals surface area contributed by atoms with E-state index in [1.54, 1.807) is 26.0 Å². The van der Waals surface area contributed by atoms with E-state index in [4.69, 9.17) is 4.74 Å². The van der Waals surface area contributed by atoms with E-state index >= 15 is 4.39 Å². The van der Waals surface area contributed by atoms with Crippen LogP contribution in [0.5, 0.6) is 0 Å². The molecule has 2 aliphatic rings. The Morgan fingerprint density at radius 1 is 1.00 bits per heavy atom. The third-order valence-corrected chi connectivity index (χ3v) is 8.03. The van der Waals surface area contributed by atoms with Crippen molar-refractivity contribution in [3.05, 3.63) is 82.4 Å². The Morgan fingerprint density at radius 3 is 2.40 bits per heavy atom. The Labute approximate surface area is 235 Å². The van der Waals surface area contributed by atoms with E-state index in [0.717, 1.165) is 50.4 Å². The molecule has 40 heavy (non-hydrogen) atoms. The van der Waals surface area contributed by atoms with Crippen molar-refractivity contribution in [2.45, 2.75) is 32.9 Å². The highest BCUT2D eigenvalue weighted by molar-refractivity contribution is 6.06. The fourth-order valence-corrected chi connectivity index (χ4v) is 5.64. The van der Waals surface area contributed by atoms with E-state index in [9.17, 15) is 9.18 Å². The van der Waals surface area contributed by atoms with Crippen molar-refractivity contribution < 1.29 is 18.3 Å². The number of aryl methyl sites for hydroxylation is 2. The van der Waals surface area contributed by atoms with Gasteiger partial charge in [-0.15, -0.1) is 0 Å². The number of hydrogen-bond acceptors (Lipinski definition) is 5. The molecular weight excluding hydrogens is 510 g/mol. The van der Waals surface area contributed by atoms with Crippen LogP contribution in [0, 0.1) is 25.5 Å². The summed E-state index contributed by atoms with van der Waals surface area (Å²) in [6, 6.07) is 14.5. The van der Waals surface area contributed by atoms with Gasteiger partial charge in [0.05, 0.1) is 24.6 Å². The van der Waals surface area contributed by atoms with Crippen molar-refractivity contribution in [3.63, 3.8) is 0 Å². The molecule has 0 bridgehead atoms. The fourth-order valence-electron chi connectivity index (χ4n) is 5.64. The van der Waals surface area contributed by atoms with Crippen LogP contribution in [0.25, 0.3) is 11.1 Å². The molecule has 5 rings (SSSR count). The molecule has 0 saturated carbocycles. The molecule has 1 atom stereocenters. The van der Waals surface area contributed by atoms with Crippen LogP contribution in [0.3, 0.4) is 0 Å². The van der Waals surface area contributed by atoms with Gasteiger partial charge in [0.15, 0.2) is 0 Å². The summed E-state index contributed by atoms with van der Waals surface area (Å²) in [5.74, 6) is -0.942. The van der Waals surface area contributed by atoms with Gasteiger partial charge in [-0.3, -0.25) is 9.69 Å². The van der Waals surface area contributed by atoms with Crippen molar-refractivity contribution in [2.24, 2.45) is 0 Å². The summed E-state index contributed by atoms with van der Waals surface area (Å²) in [5.41, 5.74) is 4.95. The standard InChI is InChI=1S/C32H38F2N4O2/c1-21-15-25(16-22(2)31(21)34)32(39)35-29-18-24(6-8-30(29)38-10-9-26(20-38)36(3)4)27-17-23(5-7-28(27)33)19-37-11-13-40-14-12-37/h5-8,15-18,26H,9-14,19-20H2,1-4H3,(H,35,39). The molecule has 8 heteroatoms. The predicted octanol–water partition coefficient (Wildman–Crippen LogP) is 5.47. The molecule has 0 spiro atoms. The number of rotatable bonds is 7. The Kier molecular flexibility index (Phi) is 8.49. The van der Waals surface area contributed by atoms with Gasteiger partial charge in [0.1, 0.15) is 11.6 Å². The van der Waals surface area contributed by atoms with Crippen LogP contribution in [-0.2, 0) is 11.3 Å². The van der Waals surface area contributed by atoms with Gasteiger partial charge in [-0.25, -0.2) is 8.78 Å². The third kappa shape index (κ3) is 6.19. The number of carbonyl (C=O) groups excluding carboxylic acids is 1. The van der Waals surface area contributed by atoms with Gasteiger partial charge in [-0.2, -0.15) is 0 Å². The van der Waals surface area contributed by atoms with Crippen LogP contribution in [0.1, 0.15) is 33.5 Å². The molecule has 1 unspecified atom stereocenters. The van der Waals surface area contributed by atoms with E-state index in [-0.39, 0.29) is 17.5 Å². The number of nitrogens with zero attached hydrogens (tertiary/aromatic N) is 3. The lowest BCUT2D eigenvalue weighted by Crippen LogP contribution is -2.35. The van der Waals surface area contributed by atoms with Crippen molar-refractivity contribution >= 4 is 17.3 Å². The predicted molar refractivity (Wildman–Crippen MR) is 156 cm³/mol. The van der Waals surface area contributed by atoms with Crippen LogP contribution >= 0.6 is 0 Å². The smallest absolute Gasteiger partial charge is 0.255 e. The first-order valence-corrected chi connectivity index (χ1v) is 13.9. The summed E-state index contributed by atoms with van der Waals surface area (Å²) < 4.78 is 34.9. The van der Waals surface area contributed by atoms with Gasteiger partial charge >= 0.3 is 0 Å². The van der Waals surface area contributed by atoms with Gasteiger partial charge in [-0.1, -0.05) is 12.1 Å². The number of hydrogen-bond donors (Lipinski definition) is 1. The number of nitrogens with one attached hydrogen (secondary N) is 1. The molecule has 2 heterocycles. The van der Waals surface area contributed by atoms with Crippen molar-refractivity contribution in [3.8, 4) is 11.1 Å². The second-order valence-corrected chi connectivity index (χ2v) is 11.2. The molecular formula is C32H38F2N4O2. The van der Waals surface area contributed by atoms with Gasteiger partial charge in [0.25, 0.3) is 5.91 Å². The highest BCUT2D eigenvalue weighted by Gasteiger charge is 2.27. The second-order valence-electron chi connectivity index (χ2n) is 11.2. The zero-order valence-corrected chi connectivity index (χ0v) is 23.8. The van der Waals surface area contributed by atoms with Crippen molar-refractivity contribution in [2.75, 3.05) is 63.7 Å². The maximum Gasteiger partial charge on any atom is 0.255 e. The highest BCUT2D eigenvalue weighted by Crippen LogP contribution is 2.36. The third-order valence-electron chi connectivity index (χ3n) is 8.03. The van der Waals surface area contributed by atoms with Crippen LogP contribution in [-0.4, -0.2) is 75.2 Å². The maximum absolute atomic E-state index is 15.2. The monoisotopic (exact) mass is 548 g/mol. The summed E-state index contributed by atoms with van der Waals surface area (Å²) in [6.07, 6.45) is 1.01. The number of halogens is 2. The molecule has 3 aromatic carbocycles. The van der Waals surface area contributed by atoms with E-state index in [2.05, 4.69) is 34.1 Å². The minimum absolute atomic E-state index is 0.307. The van der Waals surface area contributed by atoms with E-state index < -0.39 is 0 Å². The van der Waals surface area contributed by atoms with E-state index in [1.165, 1.54) is 6.07 Å². The summed E-state index contributed by atoms with van der Waals surface area (Å²) in [7, 11) is 4.15. The molecule has 3 aromatic rings. The number of likely N-dealkylation sites (N-methyl/N-ethyl adjacent to an activating group) is 1. The Morgan fingerprint density at radius 2 is 1.73 bits per heavy atom. The van der Waals surface area contributed by atoms with Crippen molar-refractivity contribution in [1.82, 2.24) is 9.80 Å². The summed E-state index contributed by atoms with van der Waals surface area (Å²) in [4.78, 5) is 20.2. The van der Waals surface area contributed by atoms with E-state index in [0.29, 0.717) is 52.8 Å². The van der Waals surface area contributed by atoms with Gasteiger partial charge in [0.2, 0.25) is 0 Å². The maximum atomic E-state index is 15.2. The Balaban J connectivity index is 1.49. The summed E-state index contributed by atoms with van der Waals surface area (Å²) in [5, 5.41) is 3.07.